The summed E-state index contributed by atoms with van der Waals surface area (Å²) in [6.45, 7) is 4.01. The molecule has 2 atom stereocenters. The number of rotatable bonds is 7. The lowest BCUT2D eigenvalue weighted by Gasteiger charge is -2.26. The van der Waals surface area contributed by atoms with Crippen LogP contribution in [0.25, 0.3) is 0 Å². The van der Waals surface area contributed by atoms with E-state index in [1.807, 2.05) is 0 Å². The molecular formula is C15H26N4O. The maximum Gasteiger partial charge on any atom is 0.315 e. The number of anilines is 1. The molecule has 5 heteroatoms. The Labute approximate surface area is 120 Å². The zero-order valence-electron chi connectivity index (χ0n) is 12.4. The lowest BCUT2D eigenvalue weighted by atomic mass is 9.81. The van der Waals surface area contributed by atoms with Gasteiger partial charge in [-0.3, -0.25) is 0 Å². The second kappa shape index (κ2) is 6.57. The summed E-state index contributed by atoms with van der Waals surface area (Å²) in [5.74, 6) is 2.45. The summed E-state index contributed by atoms with van der Waals surface area (Å²) in [4.78, 5) is 0. The fourth-order valence-corrected chi connectivity index (χ4v) is 3.12. The van der Waals surface area contributed by atoms with Crippen molar-refractivity contribution in [2.24, 2.45) is 11.8 Å². The van der Waals surface area contributed by atoms with Gasteiger partial charge >= 0.3 is 6.01 Å². The summed E-state index contributed by atoms with van der Waals surface area (Å²) in [5, 5.41) is 14.7. The highest BCUT2D eigenvalue weighted by atomic mass is 16.4. The molecule has 5 nitrogen and oxygen atoms in total. The zero-order valence-corrected chi connectivity index (χ0v) is 12.4. The monoisotopic (exact) mass is 278 g/mol. The number of aromatic nitrogens is 2. The van der Waals surface area contributed by atoms with Gasteiger partial charge in [-0.05, 0) is 37.5 Å². The molecule has 0 saturated heterocycles. The first-order valence-corrected chi connectivity index (χ1v) is 8.09. The summed E-state index contributed by atoms with van der Waals surface area (Å²) in [6, 6.07) is 1.24. The van der Waals surface area contributed by atoms with Gasteiger partial charge in [0.25, 0.3) is 0 Å². The quantitative estimate of drug-likeness (QED) is 0.803. The first-order chi connectivity index (χ1) is 9.79. The van der Waals surface area contributed by atoms with Gasteiger partial charge in [-0.15, -0.1) is 5.10 Å². The second-order valence-corrected chi connectivity index (χ2v) is 6.51. The van der Waals surface area contributed by atoms with E-state index >= 15 is 0 Å². The highest BCUT2D eigenvalue weighted by Gasteiger charge is 2.21. The van der Waals surface area contributed by atoms with Gasteiger partial charge in [0.2, 0.25) is 5.89 Å². The zero-order chi connectivity index (χ0) is 13.8. The smallest absolute Gasteiger partial charge is 0.315 e. The Kier molecular flexibility index (Phi) is 4.55. The normalized spacial score (nSPS) is 26.6. The molecule has 112 valence electrons. The van der Waals surface area contributed by atoms with Crippen LogP contribution in [-0.4, -0.2) is 22.8 Å². The summed E-state index contributed by atoms with van der Waals surface area (Å²) in [6.07, 6.45) is 9.32. The molecule has 0 aliphatic heterocycles. The van der Waals surface area contributed by atoms with Crippen molar-refractivity contribution in [2.75, 3.05) is 11.9 Å². The Morgan fingerprint density at radius 1 is 1.20 bits per heavy atom. The molecular weight excluding hydrogens is 252 g/mol. The molecule has 0 bridgehead atoms. The number of nitrogens with one attached hydrogen (secondary N) is 2. The van der Waals surface area contributed by atoms with Crippen molar-refractivity contribution in [3.8, 4) is 0 Å². The van der Waals surface area contributed by atoms with Gasteiger partial charge < -0.3 is 15.1 Å². The van der Waals surface area contributed by atoms with Gasteiger partial charge in [0.15, 0.2) is 0 Å². The van der Waals surface area contributed by atoms with E-state index < -0.39 is 0 Å². The minimum atomic E-state index is 0.571. The Morgan fingerprint density at radius 2 is 2.10 bits per heavy atom. The molecule has 2 aliphatic carbocycles. The number of hydrogen-bond donors (Lipinski definition) is 2. The van der Waals surface area contributed by atoms with Crippen molar-refractivity contribution in [1.82, 2.24) is 15.5 Å². The highest BCUT2D eigenvalue weighted by Crippen LogP contribution is 2.30. The Hall–Kier alpha value is -1.10. The lowest BCUT2D eigenvalue weighted by Crippen LogP contribution is -2.16. The summed E-state index contributed by atoms with van der Waals surface area (Å²) in [5.41, 5.74) is 0. The average Bonchev–Trinajstić information content (AvgIpc) is 3.16. The molecule has 0 radical (unpaired) electrons. The lowest BCUT2D eigenvalue weighted by molar-refractivity contribution is 0.274. The molecule has 2 fully saturated rings. The van der Waals surface area contributed by atoms with Crippen molar-refractivity contribution in [3.63, 3.8) is 0 Å². The van der Waals surface area contributed by atoms with Crippen LogP contribution in [0, 0.1) is 11.8 Å². The Balaban J connectivity index is 1.35. The molecule has 3 rings (SSSR count). The van der Waals surface area contributed by atoms with E-state index in [1.165, 1.54) is 44.9 Å². The molecule has 2 aliphatic rings. The molecule has 20 heavy (non-hydrogen) atoms. The SMILES string of the molecule is CC1CCCC(CCNc2nnc(CNC3CC3)o2)C1. The van der Waals surface area contributed by atoms with Crippen LogP contribution in [-0.2, 0) is 6.54 Å². The predicted octanol–water partition coefficient (Wildman–Crippen LogP) is 2.95. The maximum absolute atomic E-state index is 5.58. The standard InChI is InChI=1S/C15H26N4O/c1-11-3-2-4-12(9-11)7-8-16-15-19-18-14(20-15)10-17-13-5-6-13/h11-13,17H,2-10H2,1H3,(H,16,19). The van der Waals surface area contributed by atoms with Crippen molar-refractivity contribution >= 4 is 6.01 Å². The van der Waals surface area contributed by atoms with Crippen molar-refractivity contribution < 1.29 is 4.42 Å². The van der Waals surface area contributed by atoms with Gasteiger partial charge in [0, 0.05) is 12.6 Å². The van der Waals surface area contributed by atoms with Crippen LogP contribution < -0.4 is 10.6 Å². The molecule has 1 aromatic rings. The van der Waals surface area contributed by atoms with Gasteiger partial charge in [0.1, 0.15) is 0 Å². The van der Waals surface area contributed by atoms with Gasteiger partial charge in [-0.2, -0.15) is 0 Å². The van der Waals surface area contributed by atoms with Crippen LogP contribution in [0.1, 0.15) is 57.8 Å². The van der Waals surface area contributed by atoms with Gasteiger partial charge in [-0.25, -0.2) is 0 Å². The Bertz CT molecular complexity index is 416. The van der Waals surface area contributed by atoms with Gasteiger partial charge in [-0.1, -0.05) is 31.3 Å². The summed E-state index contributed by atoms with van der Waals surface area (Å²) >= 11 is 0. The van der Waals surface area contributed by atoms with Crippen LogP contribution in [0.2, 0.25) is 0 Å². The van der Waals surface area contributed by atoms with Crippen molar-refractivity contribution in [3.05, 3.63) is 5.89 Å². The largest absolute Gasteiger partial charge is 0.407 e. The maximum atomic E-state index is 5.58. The highest BCUT2D eigenvalue weighted by molar-refractivity contribution is 5.16. The topological polar surface area (TPSA) is 63.0 Å². The van der Waals surface area contributed by atoms with Crippen LogP contribution in [0.5, 0.6) is 0 Å². The van der Waals surface area contributed by atoms with Crippen LogP contribution >= 0.6 is 0 Å². The van der Waals surface area contributed by atoms with E-state index in [9.17, 15) is 0 Å². The molecule has 0 spiro atoms. The summed E-state index contributed by atoms with van der Waals surface area (Å²) in [7, 11) is 0. The number of nitrogens with zero attached hydrogens (tertiary/aromatic N) is 2. The second-order valence-electron chi connectivity index (χ2n) is 6.51. The fraction of sp³-hybridized carbons (Fsp3) is 0.867. The third-order valence-corrected chi connectivity index (χ3v) is 4.46. The summed E-state index contributed by atoms with van der Waals surface area (Å²) < 4.78 is 5.58. The third kappa shape index (κ3) is 4.20. The van der Waals surface area contributed by atoms with E-state index in [1.54, 1.807) is 0 Å². The molecule has 0 amide bonds. The third-order valence-electron chi connectivity index (χ3n) is 4.46. The van der Waals surface area contributed by atoms with Gasteiger partial charge in [0.05, 0.1) is 6.54 Å². The Morgan fingerprint density at radius 3 is 2.90 bits per heavy atom. The van der Waals surface area contributed by atoms with Crippen LogP contribution in [0.3, 0.4) is 0 Å². The van der Waals surface area contributed by atoms with E-state index in [-0.39, 0.29) is 0 Å². The van der Waals surface area contributed by atoms with Crippen molar-refractivity contribution in [2.45, 2.75) is 64.5 Å². The molecule has 2 saturated carbocycles. The van der Waals surface area contributed by atoms with E-state index in [0.29, 0.717) is 24.5 Å². The molecule has 0 aromatic carbocycles. The molecule has 2 unspecified atom stereocenters. The molecule has 2 N–H and O–H groups in total. The number of hydrogen-bond acceptors (Lipinski definition) is 5. The van der Waals surface area contributed by atoms with Crippen LogP contribution in [0.4, 0.5) is 6.01 Å². The minimum absolute atomic E-state index is 0.571. The van der Waals surface area contributed by atoms with E-state index in [2.05, 4.69) is 27.8 Å². The molecule has 1 heterocycles. The fourth-order valence-electron chi connectivity index (χ4n) is 3.12. The van der Waals surface area contributed by atoms with Crippen molar-refractivity contribution in [1.29, 1.82) is 0 Å². The first-order valence-electron chi connectivity index (χ1n) is 8.09. The van der Waals surface area contributed by atoms with E-state index in [4.69, 9.17) is 4.42 Å². The minimum Gasteiger partial charge on any atom is -0.407 e. The predicted molar refractivity (Wildman–Crippen MR) is 78.4 cm³/mol. The van der Waals surface area contributed by atoms with Crippen LogP contribution in [0.15, 0.2) is 4.42 Å². The molecule has 1 aromatic heterocycles. The van der Waals surface area contributed by atoms with E-state index in [0.717, 1.165) is 18.4 Å². The first kappa shape index (κ1) is 13.9. The average molecular weight is 278 g/mol.